The summed E-state index contributed by atoms with van der Waals surface area (Å²) >= 11 is 12.2. The smallest absolute Gasteiger partial charge is 0.402 e. The quantitative estimate of drug-likeness (QED) is 0.579. The van der Waals surface area contributed by atoms with Crippen molar-refractivity contribution in [3.8, 4) is 16.9 Å². The minimum atomic E-state index is -3.23. The van der Waals surface area contributed by atoms with E-state index in [-0.39, 0.29) is 16.7 Å². The molecule has 2 heterocycles. The maximum Gasteiger partial charge on any atom is 0.402 e. The first-order valence-electron chi connectivity index (χ1n) is 8.24. The summed E-state index contributed by atoms with van der Waals surface area (Å²) in [4.78, 5) is 16.5. The lowest BCUT2D eigenvalue weighted by Gasteiger charge is -2.09. The number of hydrogen-bond acceptors (Lipinski definition) is 3. The number of ether oxygens (including phenoxy) is 1. The number of aromatic nitrogens is 1. The zero-order valence-corrected chi connectivity index (χ0v) is 15.7. The predicted octanol–water partition coefficient (Wildman–Crippen LogP) is 5.84. The molecule has 0 atom stereocenters. The highest BCUT2D eigenvalue weighted by Gasteiger charge is 2.40. The Morgan fingerprint density at radius 1 is 1.11 bits per heavy atom. The fraction of sp³-hybridized carbons (Fsp3) is 0.100. The van der Waals surface area contributed by atoms with Gasteiger partial charge in [-0.15, -0.1) is 0 Å². The summed E-state index contributed by atoms with van der Waals surface area (Å²) in [6, 6.07) is 12.9. The highest BCUT2D eigenvalue weighted by Crippen LogP contribution is 2.42. The van der Waals surface area contributed by atoms with Crippen LogP contribution in [0, 0.1) is 0 Å². The van der Waals surface area contributed by atoms with Gasteiger partial charge in [0.15, 0.2) is 0 Å². The largest absolute Gasteiger partial charge is 0.432 e. The van der Waals surface area contributed by atoms with Crippen LogP contribution < -0.4 is 10.1 Å². The van der Waals surface area contributed by atoms with Gasteiger partial charge < -0.3 is 10.1 Å². The van der Waals surface area contributed by atoms with Crippen molar-refractivity contribution in [2.24, 2.45) is 0 Å². The molecule has 0 unspecified atom stereocenters. The molecule has 2 aromatic carbocycles. The number of hydrogen-bond donors (Lipinski definition) is 1. The van der Waals surface area contributed by atoms with Crippen molar-refractivity contribution < 1.29 is 18.3 Å². The summed E-state index contributed by atoms with van der Waals surface area (Å²) < 4.78 is 31.4. The van der Waals surface area contributed by atoms with Crippen LogP contribution in [0.1, 0.15) is 15.9 Å². The monoisotopic (exact) mass is 420 g/mol. The standard InChI is InChI=1S/C20H12Cl2F2N2O2/c21-15-4-2-1-3-13(15)19(27)26-18-6-5-11(10-25-18)14-7-12-9-20(23,24)28-17(12)8-16(14)22/h1-8,10H,9H2,(H,25,26,27). The van der Waals surface area contributed by atoms with Gasteiger partial charge in [0, 0.05) is 22.9 Å². The molecule has 1 amide bonds. The molecule has 4 rings (SSSR count). The third kappa shape index (κ3) is 3.66. The van der Waals surface area contributed by atoms with E-state index in [1.165, 1.54) is 12.3 Å². The number of carbonyl (C=O) groups is 1. The summed E-state index contributed by atoms with van der Waals surface area (Å²) in [7, 11) is 0. The Morgan fingerprint density at radius 2 is 1.89 bits per heavy atom. The topological polar surface area (TPSA) is 51.2 Å². The first kappa shape index (κ1) is 18.7. The van der Waals surface area contributed by atoms with Crippen molar-refractivity contribution in [3.63, 3.8) is 0 Å². The Labute approximate surface area is 169 Å². The third-order valence-corrected chi connectivity index (χ3v) is 4.88. The van der Waals surface area contributed by atoms with Crippen molar-refractivity contribution in [1.29, 1.82) is 0 Å². The zero-order chi connectivity index (χ0) is 19.9. The maximum absolute atomic E-state index is 13.4. The molecule has 1 N–H and O–H groups in total. The lowest BCUT2D eigenvalue weighted by Crippen LogP contribution is -2.20. The van der Waals surface area contributed by atoms with Crippen LogP contribution in [0.25, 0.3) is 11.1 Å². The van der Waals surface area contributed by atoms with Crippen LogP contribution in [0.2, 0.25) is 10.0 Å². The van der Waals surface area contributed by atoms with Crippen molar-refractivity contribution in [1.82, 2.24) is 4.98 Å². The zero-order valence-electron chi connectivity index (χ0n) is 14.2. The van der Waals surface area contributed by atoms with E-state index in [0.717, 1.165) is 0 Å². The van der Waals surface area contributed by atoms with E-state index < -0.39 is 12.5 Å². The molecule has 0 radical (unpaired) electrons. The van der Waals surface area contributed by atoms with Crippen molar-refractivity contribution >= 4 is 34.9 Å². The molecule has 0 bridgehead atoms. The molecule has 28 heavy (non-hydrogen) atoms. The van der Waals surface area contributed by atoms with Crippen LogP contribution in [-0.4, -0.2) is 17.0 Å². The number of nitrogens with one attached hydrogen (secondary N) is 1. The number of pyridine rings is 1. The van der Waals surface area contributed by atoms with Gasteiger partial charge in [0.05, 0.1) is 22.0 Å². The van der Waals surface area contributed by atoms with E-state index in [9.17, 15) is 13.6 Å². The van der Waals surface area contributed by atoms with Crippen LogP contribution in [0.4, 0.5) is 14.6 Å². The van der Waals surface area contributed by atoms with E-state index >= 15 is 0 Å². The number of anilines is 1. The second-order valence-corrected chi connectivity index (χ2v) is 7.04. The number of fused-ring (bicyclic) bond motifs is 1. The number of rotatable bonds is 3. The molecule has 4 nitrogen and oxygen atoms in total. The molecule has 0 saturated carbocycles. The Balaban J connectivity index is 1.56. The molecule has 3 aromatic rings. The molecule has 8 heteroatoms. The van der Waals surface area contributed by atoms with E-state index in [2.05, 4.69) is 15.0 Å². The van der Waals surface area contributed by atoms with Crippen molar-refractivity contribution in [3.05, 3.63) is 75.9 Å². The summed E-state index contributed by atoms with van der Waals surface area (Å²) in [6.45, 7) is 0. The van der Waals surface area contributed by atoms with Crippen LogP contribution in [0.15, 0.2) is 54.7 Å². The number of alkyl halides is 2. The van der Waals surface area contributed by atoms with Gasteiger partial charge in [0.25, 0.3) is 5.91 Å². The van der Waals surface area contributed by atoms with Crippen molar-refractivity contribution in [2.75, 3.05) is 5.32 Å². The van der Waals surface area contributed by atoms with Gasteiger partial charge in [-0.1, -0.05) is 35.3 Å². The molecule has 1 aromatic heterocycles. The minimum Gasteiger partial charge on any atom is -0.432 e. The lowest BCUT2D eigenvalue weighted by molar-refractivity contribution is -0.159. The normalized spacial score (nSPS) is 14.3. The molecule has 1 aliphatic heterocycles. The van der Waals surface area contributed by atoms with Crippen LogP contribution in [0.5, 0.6) is 5.75 Å². The number of amides is 1. The average molecular weight is 421 g/mol. The van der Waals surface area contributed by atoms with Crippen LogP contribution in [-0.2, 0) is 6.42 Å². The van der Waals surface area contributed by atoms with Gasteiger partial charge in [-0.2, -0.15) is 8.78 Å². The first-order valence-corrected chi connectivity index (χ1v) is 8.99. The summed E-state index contributed by atoms with van der Waals surface area (Å²) in [6.07, 6.45) is -2.23. The second-order valence-electron chi connectivity index (χ2n) is 6.22. The molecule has 1 aliphatic rings. The molecular weight excluding hydrogens is 409 g/mol. The lowest BCUT2D eigenvalue weighted by atomic mass is 10.0. The molecular formula is C20H12Cl2F2N2O2. The fourth-order valence-electron chi connectivity index (χ4n) is 2.93. The number of nitrogens with zero attached hydrogens (tertiary/aromatic N) is 1. The average Bonchev–Trinajstić information content (AvgIpc) is 2.95. The Hall–Kier alpha value is -2.70. The maximum atomic E-state index is 13.4. The highest BCUT2D eigenvalue weighted by molar-refractivity contribution is 6.34. The summed E-state index contributed by atoms with van der Waals surface area (Å²) in [5.74, 6) is 0.0111. The summed E-state index contributed by atoms with van der Waals surface area (Å²) in [5.41, 5.74) is 1.88. The van der Waals surface area contributed by atoms with Crippen LogP contribution in [0.3, 0.4) is 0 Å². The molecule has 142 valence electrons. The number of carbonyl (C=O) groups excluding carboxylic acids is 1. The Morgan fingerprint density at radius 3 is 2.61 bits per heavy atom. The minimum absolute atomic E-state index is 0.0790. The van der Waals surface area contributed by atoms with Gasteiger partial charge in [0.1, 0.15) is 11.6 Å². The van der Waals surface area contributed by atoms with Gasteiger partial charge in [0.2, 0.25) is 0 Å². The van der Waals surface area contributed by atoms with Gasteiger partial charge in [-0.05, 0) is 36.4 Å². The number of benzene rings is 2. The fourth-order valence-corrected chi connectivity index (χ4v) is 3.41. The van der Waals surface area contributed by atoms with Crippen LogP contribution >= 0.6 is 23.2 Å². The van der Waals surface area contributed by atoms with E-state index in [1.54, 1.807) is 42.5 Å². The Bertz CT molecular complexity index is 1070. The molecule has 0 saturated heterocycles. The van der Waals surface area contributed by atoms with E-state index in [1.807, 2.05) is 0 Å². The third-order valence-electron chi connectivity index (χ3n) is 4.24. The highest BCUT2D eigenvalue weighted by atomic mass is 35.5. The SMILES string of the molecule is O=C(Nc1ccc(-c2cc3c(cc2Cl)OC(F)(F)C3)cn1)c1ccccc1Cl. The van der Waals surface area contributed by atoms with Gasteiger partial charge >= 0.3 is 6.11 Å². The molecule has 0 aliphatic carbocycles. The second kappa shape index (κ2) is 7.04. The molecule has 0 fully saturated rings. The predicted molar refractivity (Wildman–Crippen MR) is 103 cm³/mol. The van der Waals surface area contributed by atoms with E-state index in [4.69, 9.17) is 23.2 Å². The van der Waals surface area contributed by atoms with Gasteiger partial charge in [-0.25, -0.2) is 4.98 Å². The Kier molecular flexibility index (Phi) is 4.69. The van der Waals surface area contributed by atoms with Gasteiger partial charge in [-0.3, -0.25) is 4.79 Å². The first-order chi connectivity index (χ1) is 13.3. The molecule has 0 spiro atoms. The summed E-state index contributed by atoms with van der Waals surface area (Å²) in [5, 5.41) is 3.26. The van der Waals surface area contributed by atoms with E-state index in [0.29, 0.717) is 33.1 Å². The number of halogens is 4. The van der Waals surface area contributed by atoms with Crippen molar-refractivity contribution in [2.45, 2.75) is 12.5 Å².